The predicted octanol–water partition coefficient (Wildman–Crippen LogP) is 5.43. The molecule has 0 radical (unpaired) electrons. The van der Waals surface area contributed by atoms with E-state index >= 15 is 0 Å². The number of likely N-dealkylation sites (N-methyl/N-ethyl adjacent to an activating group) is 1. The van der Waals surface area contributed by atoms with Crippen molar-refractivity contribution in [2.45, 2.75) is 45.7 Å². The first-order valence-corrected chi connectivity index (χ1v) is 14.3. The zero-order chi connectivity index (χ0) is 28.4. The molecule has 2 fully saturated rings. The number of pyridine rings is 1. The fraction of sp³-hybridized carbons (Fsp3) is 0.500. The van der Waals surface area contributed by atoms with E-state index in [1.165, 1.54) is 17.7 Å². The first-order valence-electron chi connectivity index (χ1n) is 14.0. The van der Waals surface area contributed by atoms with Crippen LogP contribution in [0, 0.1) is 11.8 Å². The van der Waals surface area contributed by atoms with Crippen molar-refractivity contribution in [3.8, 4) is 11.5 Å². The molecule has 2 atom stereocenters. The van der Waals surface area contributed by atoms with Crippen LogP contribution in [0.1, 0.15) is 38.2 Å². The lowest BCUT2D eigenvalue weighted by Crippen LogP contribution is -2.49. The highest BCUT2D eigenvalue weighted by atomic mass is 35.5. The molecule has 40 heavy (non-hydrogen) atoms. The molecule has 0 N–H and O–H groups in total. The highest BCUT2D eigenvalue weighted by molar-refractivity contribution is 6.35. The Kier molecular flexibility index (Phi) is 8.40. The molecule has 0 bridgehead atoms. The Morgan fingerprint density at radius 1 is 1.20 bits per heavy atom. The molecule has 214 valence electrons. The molecule has 9 nitrogen and oxygen atoms in total. The smallest absolute Gasteiger partial charge is 0.324 e. The number of nitrogens with zero attached hydrogens (tertiary/aromatic N) is 5. The number of urea groups is 1. The summed E-state index contributed by atoms with van der Waals surface area (Å²) < 4.78 is 13.4. The van der Waals surface area contributed by atoms with Gasteiger partial charge in [0.05, 0.1) is 18.7 Å². The minimum Gasteiger partial charge on any atom is -0.493 e. The van der Waals surface area contributed by atoms with Gasteiger partial charge in [-0.05, 0) is 61.3 Å². The molecular weight excluding hydrogens is 530 g/mol. The van der Waals surface area contributed by atoms with E-state index in [0.717, 1.165) is 41.3 Å². The van der Waals surface area contributed by atoms with Crippen LogP contribution in [0.15, 0.2) is 36.7 Å². The van der Waals surface area contributed by atoms with Crippen molar-refractivity contribution in [3.63, 3.8) is 0 Å². The molecule has 0 unspecified atom stereocenters. The molecule has 1 aromatic carbocycles. The maximum Gasteiger partial charge on any atom is 0.324 e. The number of carbonyl (C=O) groups excluding carboxylic acids is 2. The van der Waals surface area contributed by atoms with Crippen LogP contribution < -0.4 is 14.4 Å². The SMILES string of the molecule is COc1ccc(N2CCCN(Cc3ccnc4c3c(Cl)cn4CC(=O)N(C)C)C2=O)cc1OCCC[C@@H]1C[C@@H]1C. The lowest BCUT2D eigenvalue weighted by atomic mass is 10.1. The summed E-state index contributed by atoms with van der Waals surface area (Å²) in [6.07, 6.45) is 7.78. The second kappa shape index (κ2) is 12.0. The molecule has 1 aliphatic carbocycles. The molecule has 5 rings (SSSR count). The number of anilines is 1. The van der Waals surface area contributed by atoms with Crippen molar-refractivity contribution in [2.75, 3.05) is 45.8 Å². The van der Waals surface area contributed by atoms with Gasteiger partial charge in [0, 0.05) is 63.3 Å². The molecule has 3 heterocycles. The van der Waals surface area contributed by atoms with Crippen LogP contribution in [0.2, 0.25) is 5.02 Å². The Balaban J connectivity index is 1.31. The highest BCUT2D eigenvalue weighted by Gasteiger charge is 2.31. The zero-order valence-corrected chi connectivity index (χ0v) is 24.5. The molecular formula is C30H38ClN5O4. The van der Waals surface area contributed by atoms with Crippen LogP contribution in [-0.2, 0) is 17.9 Å². The van der Waals surface area contributed by atoms with Crippen LogP contribution in [0.5, 0.6) is 11.5 Å². The summed E-state index contributed by atoms with van der Waals surface area (Å²) >= 11 is 6.63. The average Bonchev–Trinajstić information content (AvgIpc) is 3.56. The Hall–Kier alpha value is -3.46. The van der Waals surface area contributed by atoms with Crippen LogP contribution >= 0.6 is 11.6 Å². The fourth-order valence-electron chi connectivity index (χ4n) is 5.42. The predicted molar refractivity (Wildman–Crippen MR) is 156 cm³/mol. The van der Waals surface area contributed by atoms with Gasteiger partial charge in [-0.3, -0.25) is 9.69 Å². The van der Waals surface area contributed by atoms with Gasteiger partial charge in [-0.2, -0.15) is 0 Å². The van der Waals surface area contributed by atoms with E-state index in [4.69, 9.17) is 21.1 Å². The van der Waals surface area contributed by atoms with Crippen molar-refractivity contribution in [2.24, 2.45) is 11.8 Å². The molecule has 1 saturated heterocycles. The first kappa shape index (κ1) is 28.1. The molecule has 3 amide bonds. The van der Waals surface area contributed by atoms with Gasteiger partial charge < -0.3 is 23.8 Å². The average molecular weight is 568 g/mol. The van der Waals surface area contributed by atoms with Gasteiger partial charge in [0.25, 0.3) is 0 Å². The number of ether oxygens (including phenoxy) is 2. The summed E-state index contributed by atoms with van der Waals surface area (Å²) in [7, 11) is 5.07. The van der Waals surface area contributed by atoms with E-state index in [1.54, 1.807) is 43.1 Å². The van der Waals surface area contributed by atoms with Gasteiger partial charge in [-0.1, -0.05) is 18.5 Å². The van der Waals surface area contributed by atoms with E-state index < -0.39 is 0 Å². The maximum absolute atomic E-state index is 13.7. The van der Waals surface area contributed by atoms with E-state index in [2.05, 4.69) is 11.9 Å². The summed E-state index contributed by atoms with van der Waals surface area (Å²) in [6, 6.07) is 7.49. The standard InChI is InChI=1S/C30H38ClN5O4/c1-20-15-21(20)7-5-14-40-26-16-23(8-9-25(26)39-4)36-13-6-12-34(30(36)38)17-22-10-11-32-29-28(22)24(31)18-35(29)19-27(37)33(2)3/h8-11,16,18,20-21H,5-7,12-15,17,19H2,1-4H3/t20-,21+/m0/s1. The van der Waals surface area contributed by atoms with Crippen molar-refractivity contribution in [1.82, 2.24) is 19.4 Å². The Morgan fingerprint density at radius 2 is 2.00 bits per heavy atom. The molecule has 2 aliphatic rings. The minimum atomic E-state index is -0.0756. The van der Waals surface area contributed by atoms with Crippen LogP contribution in [0.4, 0.5) is 10.5 Å². The summed E-state index contributed by atoms with van der Waals surface area (Å²) in [5, 5.41) is 1.28. The third-order valence-electron chi connectivity index (χ3n) is 7.99. The number of halogens is 1. The van der Waals surface area contributed by atoms with Crippen molar-refractivity contribution in [1.29, 1.82) is 0 Å². The molecule has 2 aromatic heterocycles. The summed E-state index contributed by atoms with van der Waals surface area (Å²) in [5.74, 6) is 2.95. The Labute approximate surface area is 240 Å². The number of hydrogen-bond donors (Lipinski definition) is 0. The van der Waals surface area contributed by atoms with E-state index in [9.17, 15) is 9.59 Å². The van der Waals surface area contributed by atoms with Gasteiger partial charge in [0.2, 0.25) is 5.91 Å². The lowest BCUT2D eigenvalue weighted by molar-refractivity contribution is -0.129. The topological polar surface area (TPSA) is 80.1 Å². The molecule has 1 saturated carbocycles. The van der Waals surface area contributed by atoms with Gasteiger partial charge in [-0.25, -0.2) is 9.78 Å². The number of aromatic nitrogens is 2. The summed E-state index contributed by atoms with van der Waals surface area (Å²) in [6.45, 7) is 4.71. The van der Waals surface area contributed by atoms with Crippen molar-refractivity contribution < 1.29 is 19.1 Å². The van der Waals surface area contributed by atoms with Crippen molar-refractivity contribution in [3.05, 3.63) is 47.2 Å². The van der Waals surface area contributed by atoms with Gasteiger partial charge in [0.15, 0.2) is 11.5 Å². The number of methoxy groups -OCH3 is 1. The number of amides is 3. The van der Waals surface area contributed by atoms with E-state index in [-0.39, 0.29) is 18.5 Å². The number of benzene rings is 1. The highest BCUT2D eigenvalue weighted by Crippen LogP contribution is 2.41. The minimum absolute atomic E-state index is 0.0528. The number of hydrogen-bond acceptors (Lipinski definition) is 5. The molecule has 1 aliphatic heterocycles. The normalized spacial score (nSPS) is 18.8. The lowest BCUT2D eigenvalue weighted by Gasteiger charge is -2.36. The monoisotopic (exact) mass is 567 g/mol. The number of rotatable bonds is 11. The first-order chi connectivity index (χ1) is 19.3. The fourth-order valence-corrected chi connectivity index (χ4v) is 5.74. The van der Waals surface area contributed by atoms with E-state index in [0.29, 0.717) is 48.4 Å². The molecule has 3 aromatic rings. The summed E-state index contributed by atoms with van der Waals surface area (Å²) in [5.41, 5.74) is 2.31. The number of fused-ring (bicyclic) bond motifs is 1. The van der Waals surface area contributed by atoms with Gasteiger partial charge in [-0.15, -0.1) is 0 Å². The molecule has 10 heteroatoms. The van der Waals surface area contributed by atoms with Gasteiger partial charge in [0.1, 0.15) is 12.2 Å². The Morgan fingerprint density at radius 3 is 2.73 bits per heavy atom. The van der Waals surface area contributed by atoms with Crippen LogP contribution in [0.25, 0.3) is 11.0 Å². The van der Waals surface area contributed by atoms with Gasteiger partial charge >= 0.3 is 6.03 Å². The van der Waals surface area contributed by atoms with Crippen molar-refractivity contribution >= 4 is 40.3 Å². The van der Waals surface area contributed by atoms with Crippen LogP contribution in [-0.4, -0.2) is 72.2 Å². The second-order valence-electron chi connectivity index (χ2n) is 11.1. The van der Waals surface area contributed by atoms with E-state index in [1.807, 2.05) is 29.2 Å². The maximum atomic E-state index is 13.7. The quantitative estimate of drug-likeness (QED) is 0.289. The zero-order valence-electron chi connectivity index (χ0n) is 23.7. The third-order valence-corrected chi connectivity index (χ3v) is 8.27. The third kappa shape index (κ3) is 5.99. The summed E-state index contributed by atoms with van der Waals surface area (Å²) in [4.78, 5) is 35.7. The largest absolute Gasteiger partial charge is 0.493 e. The van der Waals surface area contributed by atoms with Crippen LogP contribution in [0.3, 0.4) is 0 Å². The molecule has 0 spiro atoms. The second-order valence-corrected chi connectivity index (χ2v) is 11.5. The number of carbonyl (C=O) groups is 2. The Bertz CT molecular complexity index is 1390.